The molecule has 2 aromatic rings. The number of hydrogen-bond acceptors (Lipinski definition) is 5. The lowest BCUT2D eigenvalue weighted by Gasteiger charge is -2.02. The molecule has 78 valence electrons. The van der Waals surface area contributed by atoms with E-state index in [-0.39, 0.29) is 5.82 Å². The summed E-state index contributed by atoms with van der Waals surface area (Å²) in [5, 5.41) is 3.66. The van der Waals surface area contributed by atoms with Gasteiger partial charge in [0.25, 0.3) is 0 Å². The molecule has 0 atom stereocenters. The van der Waals surface area contributed by atoms with Crippen LogP contribution in [0.3, 0.4) is 0 Å². The number of nitrogens with zero attached hydrogens (tertiary/aromatic N) is 2. The van der Waals surface area contributed by atoms with E-state index < -0.39 is 0 Å². The summed E-state index contributed by atoms with van der Waals surface area (Å²) in [6, 6.07) is 4.29. The minimum absolute atomic E-state index is 0.337. The van der Waals surface area contributed by atoms with Crippen LogP contribution in [0.1, 0.15) is 5.82 Å². The van der Waals surface area contributed by atoms with E-state index >= 15 is 0 Å². The second-order valence-electron chi connectivity index (χ2n) is 2.82. The molecule has 1 aromatic heterocycles. The van der Waals surface area contributed by atoms with E-state index in [0.717, 1.165) is 4.90 Å². The molecule has 4 nitrogen and oxygen atoms in total. The van der Waals surface area contributed by atoms with Crippen LogP contribution in [0, 0.1) is 5.82 Å². The van der Waals surface area contributed by atoms with Crippen LogP contribution in [0.2, 0.25) is 0 Å². The first-order valence-corrected chi connectivity index (χ1v) is 5.17. The molecule has 1 heterocycles. The summed E-state index contributed by atoms with van der Waals surface area (Å²) in [6.45, 7) is 0. The molecule has 6 heteroatoms. The zero-order valence-corrected chi connectivity index (χ0v) is 8.50. The summed E-state index contributed by atoms with van der Waals surface area (Å²) in [6.07, 6.45) is 1.27. The molecule has 0 aliphatic carbocycles. The van der Waals surface area contributed by atoms with E-state index in [1.54, 1.807) is 6.07 Å². The maximum atomic E-state index is 12.7. The Morgan fingerprint density at radius 3 is 3.00 bits per heavy atom. The summed E-state index contributed by atoms with van der Waals surface area (Å²) in [4.78, 5) is 4.67. The smallest absolute Gasteiger partial charge is 0.213 e. The quantitative estimate of drug-likeness (QED) is 0.640. The van der Waals surface area contributed by atoms with Gasteiger partial charge in [-0.05, 0) is 18.2 Å². The van der Waals surface area contributed by atoms with E-state index in [4.69, 9.17) is 5.73 Å². The maximum absolute atomic E-state index is 12.7. The third-order valence-corrected chi connectivity index (χ3v) is 2.82. The van der Waals surface area contributed by atoms with Crippen LogP contribution in [0.25, 0.3) is 0 Å². The average Bonchev–Trinajstić information content (AvgIpc) is 2.69. The van der Waals surface area contributed by atoms with Crippen molar-refractivity contribution in [2.75, 3.05) is 5.73 Å². The van der Waals surface area contributed by atoms with E-state index in [2.05, 4.69) is 14.7 Å². The van der Waals surface area contributed by atoms with Gasteiger partial charge >= 0.3 is 0 Å². The molecule has 2 N–H and O–H groups in total. The fraction of sp³-hybridized carbons (Fsp3) is 0.111. The average molecular weight is 225 g/mol. The van der Waals surface area contributed by atoms with Crippen molar-refractivity contribution in [3.63, 3.8) is 0 Å². The molecule has 0 saturated carbocycles. The van der Waals surface area contributed by atoms with Crippen LogP contribution in [-0.2, 0) is 5.75 Å². The van der Waals surface area contributed by atoms with Crippen molar-refractivity contribution in [3.05, 3.63) is 36.2 Å². The van der Waals surface area contributed by atoms with Gasteiger partial charge < -0.3 is 10.3 Å². The largest absolute Gasteiger partial charge is 0.398 e. The van der Waals surface area contributed by atoms with Crippen molar-refractivity contribution < 1.29 is 8.91 Å². The highest BCUT2D eigenvalue weighted by atomic mass is 32.2. The Morgan fingerprint density at radius 2 is 2.33 bits per heavy atom. The molecular formula is C9H8FN3OS. The highest BCUT2D eigenvalue weighted by Gasteiger charge is 2.04. The van der Waals surface area contributed by atoms with Gasteiger partial charge in [-0.1, -0.05) is 5.16 Å². The van der Waals surface area contributed by atoms with Crippen molar-refractivity contribution in [3.8, 4) is 0 Å². The summed E-state index contributed by atoms with van der Waals surface area (Å²) in [7, 11) is 0. The lowest BCUT2D eigenvalue weighted by Crippen LogP contribution is -1.91. The molecule has 0 bridgehead atoms. The maximum Gasteiger partial charge on any atom is 0.213 e. The molecule has 0 saturated heterocycles. The van der Waals surface area contributed by atoms with Gasteiger partial charge in [-0.3, -0.25) is 0 Å². The molecule has 0 aliphatic rings. The second kappa shape index (κ2) is 4.31. The Labute approximate surface area is 89.7 Å². The SMILES string of the molecule is Nc1cc(F)ccc1SCc1ncon1. The molecule has 2 rings (SSSR count). The van der Waals surface area contributed by atoms with Crippen molar-refractivity contribution in [1.29, 1.82) is 0 Å². The van der Waals surface area contributed by atoms with Gasteiger partial charge in [-0.15, -0.1) is 11.8 Å². The number of halogens is 1. The van der Waals surface area contributed by atoms with Crippen LogP contribution >= 0.6 is 11.8 Å². The highest BCUT2D eigenvalue weighted by Crippen LogP contribution is 2.27. The number of thioether (sulfide) groups is 1. The minimum atomic E-state index is -0.337. The number of benzene rings is 1. The third kappa shape index (κ3) is 2.47. The molecule has 1 aromatic carbocycles. The van der Waals surface area contributed by atoms with E-state index in [1.807, 2.05) is 0 Å². The van der Waals surface area contributed by atoms with Gasteiger partial charge in [-0.2, -0.15) is 4.98 Å². The third-order valence-electron chi connectivity index (χ3n) is 1.74. The Bertz CT molecular complexity index is 447. The van der Waals surface area contributed by atoms with Gasteiger partial charge in [0.15, 0.2) is 5.82 Å². The van der Waals surface area contributed by atoms with Crippen LogP contribution in [-0.4, -0.2) is 10.1 Å². The summed E-state index contributed by atoms with van der Waals surface area (Å²) in [5.74, 6) is 0.798. The Kier molecular flexibility index (Phi) is 2.86. The van der Waals surface area contributed by atoms with Crippen molar-refractivity contribution in [1.82, 2.24) is 10.1 Å². The fourth-order valence-corrected chi connectivity index (χ4v) is 1.85. The lowest BCUT2D eigenvalue weighted by atomic mass is 10.3. The fourth-order valence-electron chi connectivity index (χ4n) is 1.05. The first kappa shape index (κ1) is 9.97. The number of rotatable bonds is 3. The Balaban J connectivity index is 2.05. The van der Waals surface area contributed by atoms with Gasteiger partial charge in [0.1, 0.15) is 5.82 Å². The molecule has 0 amide bonds. The van der Waals surface area contributed by atoms with Gasteiger partial charge in [-0.25, -0.2) is 4.39 Å². The van der Waals surface area contributed by atoms with E-state index in [0.29, 0.717) is 17.3 Å². The first-order valence-electron chi connectivity index (χ1n) is 4.19. The molecular weight excluding hydrogens is 217 g/mol. The molecule has 0 spiro atoms. The molecule has 0 radical (unpaired) electrons. The van der Waals surface area contributed by atoms with Crippen molar-refractivity contribution >= 4 is 17.4 Å². The minimum Gasteiger partial charge on any atom is -0.398 e. The van der Waals surface area contributed by atoms with Crippen LogP contribution < -0.4 is 5.73 Å². The van der Waals surface area contributed by atoms with Crippen molar-refractivity contribution in [2.24, 2.45) is 0 Å². The number of anilines is 1. The predicted molar refractivity (Wildman–Crippen MR) is 54.7 cm³/mol. The lowest BCUT2D eigenvalue weighted by molar-refractivity contribution is 0.412. The van der Waals surface area contributed by atoms with Crippen LogP contribution in [0.5, 0.6) is 0 Å². The van der Waals surface area contributed by atoms with Crippen LogP contribution in [0.4, 0.5) is 10.1 Å². The van der Waals surface area contributed by atoms with E-state index in [1.165, 1.54) is 30.3 Å². The normalized spacial score (nSPS) is 10.5. The monoisotopic (exact) mass is 225 g/mol. The first-order chi connectivity index (χ1) is 7.25. The zero-order chi connectivity index (χ0) is 10.7. The summed E-state index contributed by atoms with van der Waals surface area (Å²) >= 11 is 1.44. The zero-order valence-electron chi connectivity index (χ0n) is 7.68. The molecule has 0 aliphatic heterocycles. The number of nitrogens with two attached hydrogens (primary N) is 1. The van der Waals surface area contributed by atoms with E-state index in [9.17, 15) is 4.39 Å². The van der Waals surface area contributed by atoms with Crippen molar-refractivity contribution in [2.45, 2.75) is 10.6 Å². The number of aromatic nitrogens is 2. The Morgan fingerprint density at radius 1 is 1.47 bits per heavy atom. The predicted octanol–water partition coefficient (Wildman–Crippen LogP) is 2.08. The summed E-state index contributed by atoms with van der Waals surface area (Å²) < 4.78 is 17.3. The van der Waals surface area contributed by atoms with Gasteiger partial charge in [0.2, 0.25) is 6.39 Å². The molecule has 15 heavy (non-hydrogen) atoms. The second-order valence-corrected chi connectivity index (χ2v) is 3.84. The standard InChI is InChI=1S/C9H8FN3OS/c10-6-1-2-8(7(11)3-6)15-4-9-12-5-14-13-9/h1-3,5H,4,11H2. The molecule has 0 unspecified atom stereocenters. The molecule has 0 fully saturated rings. The topological polar surface area (TPSA) is 64.9 Å². The Hall–Kier alpha value is -1.56. The number of nitrogen functional groups attached to an aromatic ring is 1. The highest BCUT2D eigenvalue weighted by molar-refractivity contribution is 7.98. The van der Waals surface area contributed by atoms with Gasteiger partial charge in [0, 0.05) is 10.6 Å². The van der Waals surface area contributed by atoms with Gasteiger partial charge in [0.05, 0.1) is 5.75 Å². The van der Waals surface area contributed by atoms with Crippen LogP contribution in [0.15, 0.2) is 34.0 Å². The number of hydrogen-bond donors (Lipinski definition) is 1. The summed E-state index contributed by atoms with van der Waals surface area (Å²) in [5.41, 5.74) is 6.06.